The van der Waals surface area contributed by atoms with Crippen molar-refractivity contribution in [2.24, 2.45) is 0 Å². The number of benzene rings is 9. The van der Waals surface area contributed by atoms with Crippen LogP contribution in [0.1, 0.15) is 0 Å². The van der Waals surface area contributed by atoms with Gasteiger partial charge >= 0.3 is 0 Å². The van der Waals surface area contributed by atoms with Crippen molar-refractivity contribution in [1.82, 2.24) is 28.5 Å². The van der Waals surface area contributed by atoms with Gasteiger partial charge in [0.1, 0.15) is 0 Å². The molecule has 5 aromatic heterocycles. The van der Waals surface area contributed by atoms with Gasteiger partial charge in [0.25, 0.3) is 0 Å². The lowest BCUT2D eigenvalue weighted by molar-refractivity contribution is 0.893. The fourth-order valence-electron chi connectivity index (χ4n) is 10.5. The zero-order valence-electron chi connectivity index (χ0n) is 33.8. The third-order valence-electron chi connectivity index (χ3n) is 13.1. The van der Waals surface area contributed by atoms with Crippen LogP contribution in [0.3, 0.4) is 0 Å². The van der Waals surface area contributed by atoms with E-state index in [0.29, 0.717) is 17.7 Å². The van der Waals surface area contributed by atoms with Crippen molar-refractivity contribution < 1.29 is 0 Å². The Hall–Kier alpha value is -8.61. The molecule has 0 bridgehead atoms. The summed E-state index contributed by atoms with van der Waals surface area (Å²) in [5.41, 5.74) is 8.49. The molecule has 14 aromatic rings. The highest BCUT2D eigenvalue weighted by atomic mass is 15.3. The molecule has 0 aliphatic rings. The zero-order chi connectivity index (χ0) is 41.2. The van der Waals surface area contributed by atoms with Crippen molar-refractivity contribution in [3.63, 3.8) is 0 Å². The van der Waals surface area contributed by atoms with Gasteiger partial charge in [-0.05, 0) is 52.6 Å². The third-order valence-corrected chi connectivity index (χ3v) is 13.1. The number of hydrogen-bond acceptors (Lipinski definition) is 3. The van der Waals surface area contributed by atoms with E-state index in [1.807, 2.05) is 0 Å². The minimum Gasteiger partial charge on any atom is -0.308 e. The molecule has 63 heavy (non-hydrogen) atoms. The molecule has 0 fully saturated rings. The average molecular weight is 803 g/mol. The summed E-state index contributed by atoms with van der Waals surface area (Å²) in [6.45, 7) is 0. The van der Waals surface area contributed by atoms with E-state index in [0.717, 1.165) is 92.7 Å². The van der Waals surface area contributed by atoms with Crippen molar-refractivity contribution in [2.45, 2.75) is 0 Å². The summed E-state index contributed by atoms with van der Waals surface area (Å²) in [6, 6.07) is 73.9. The minimum atomic E-state index is 0.551. The quantitative estimate of drug-likeness (QED) is 0.179. The standard InChI is InChI=1S/C57H34N6/c1-2-18-36-35(17-1)37-19-3-9-29-47(37)61-48-30-10-8-24-42(48)44-26-16-27-45(54(44)61)53-43(36)25-15-28-46(53)55-58-56(62-49-31-11-4-20-38(49)39-21-5-12-32-50(39)62)60-57(59-55)63-51-33-13-6-22-40(51)41-23-7-14-34-52(41)63/h1-34H. The molecule has 0 aliphatic carbocycles. The van der Waals surface area contributed by atoms with E-state index in [4.69, 9.17) is 15.0 Å². The Bertz CT molecular complexity index is 4040. The van der Waals surface area contributed by atoms with Gasteiger partial charge in [0.05, 0.1) is 38.6 Å². The first-order chi connectivity index (χ1) is 31.3. The fourth-order valence-corrected chi connectivity index (χ4v) is 10.5. The van der Waals surface area contributed by atoms with Crippen LogP contribution < -0.4 is 0 Å². The van der Waals surface area contributed by atoms with Crippen LogP contribution in [0, 0.1) is 0 Å². The normalized spacial score (nSPS) is 12.1. The monoisotopic (exact) mass is 802 g/mol. The van der Waals surface area contributed by atoms with E-state index in [1.165, 1.54) is 16.2 Å². The predicted octanol–water partition coefficient (Wildman–Crippen LogP) is 14.3. The van der Waals surface area contributed by atoms with E-state index in [9.17, 15) is 0 Å². The Labute approximate surface area is 359 Å². The van der Waals surface area contributed by atoms with Crippen LogP contribution in [0.4, 0.5) is 0 Å². The predicted molar refractivity (Wildman–Crippen MR) is 261 cm³/mol. The van der Waals surface area contributed by atoms with E-state index < -0.39 is 0 Å². The van der Waals surface area contributed by atoms with Crippen LogP contribution in [0.15, 0.2) is 206 Å². The van der Waals surface area contributed by atoms with E-state index >= 15 is 0 Å². The summed E-state index contributed by atoms with van der Waals surface area (Å²) in [7, 11) is 0. The molecule has 9 aromatic carbocycles. The molecule has 292 valence electrons. The second-order valence-electron chi connectivity index (χ2n) is 16.3. The summed E-state index contributed by atoms with van der Waals surface area (Å²) in [6.07, 6.45) is 0. The summed E-state index contributed by atoms with van der Waals surface area (Å²) in [4.78, 5) is 16.6. The van der Waals surface area contributed by atoms with Gasteiger partial charge in [0.2, 0.25) is 11.9 Å². The van der Waals surface area contributed by atoms with E-state index in [1.54, 1.807) is 0 Å². The summed E-state index contributed by atoms with van der Waals surface area (Å²) >= 11 is 0. The van der Waals surface area contributed by atoms with Crippen LogP contribution >= 0.6 is 0 Å². The molecule has 0 N–H and O–H groups in total. The van der Waals surface area contributed by atoms with Crippen LogP contribution in [0.2, 0.25) is 0 Å². The van der Waals surface area contributed by atoms with Crippen molar-refractivity contribution >= 4 is 103 Å². The molecular weight excluding hydrogens is 769 g/mol. The molecule has 0 saturated heterocycles. The van der Waals surface area contributed by atoms with Gasteiger partial charge < -0.3 is 4.40 Å². The minimum absolute atomic E-state index is 0.551. The maximum absolute atomic E-state index is 5.58. The molecular formula is C57H34N6. The summed E-state index contributed by atoms with van der Waals surface area (Å²) in [5.74, 6) is 1.69. The highest BCUT2D eigenvalue weighted by Gasteiger charge is 2.23. The lowest BCUT2D eigenvalue weighted by atomic mass is 9.97. The molecule has 6 nitrogen and oxygen atoms in total. The largest absolute Gasteiger partial charge is 0.308 e. The highest BCUT2D eigenvalue weighted by Crippen LogP contribution is 2.42. The van der Waals surface area contributed by atoms with E-state index in [2.05, 4.69) is 220 Å². The van der Waals surface area contributed by atoms with Crippen LogP contribution in [-0.2, 0) is 0 Å². The van der Waals surface area contributed by atoms with Crippen molar-refractivity contribution in [3.05, 3.63) is 206 Å². The lowest BCUT2D eigenvalue weighted by Crippen LogP contribution is -2.10. The molecule has 0 spiro atoms. The number of aromatic nitrogens is 6. The van der Waals surface area contributed by atoms with Gasteiger partial charge in [-0.25, -0.2) is 0 Å². The van der Waals surface area contributed by atoms with Crippen molar-refractivity contribution in [2.75, 3.05) is 0 Å². The van der Waals surface area contributed by atoms with Gasteiger partial charge in [-0.2, -0.15) is 15.0 Å². The van der Waals surface area contributed by atoms with Crippen molar-refractivity contribution in [1.29, 1.82) is 0 Å². The Morgan fingerprint density at radius 3 is 1.08 bits per heavy atom. The summed E-state index contributed by atoms with van der Waals surface area (Å²) < 4.78 is 6.88. The molecule has 0 aliphatic heterocycles. The molecule has 0 radical (unpaired) electrons. The van der Waals surface area contributed by atoms with Crippen LogP contribution in [0.5, 0.6) is 0 Å². The number of fused-ring (bicyclic) bond motifs is 16. The Kier molecular flexibility index (Phi) is 7.02. The molecule has 14 rings (SSSR count). The molecule has 0 unspecified atom stereocenters. The number of hydrogen-bond donors (Lipinski definition) is 0. The highest BCUT2D eigenvalue weighted by molar-refractivity contribution is 6.27. The maximum atomic E-state index is 5.58. The molecule has 0 saturated carbocycles. The second kappa shape index (κ2) is 12.9. The van der Waals surface area contributed by atoms with Crippen LogP contribution in [-0.4, -0.2) is 28.5 Å². The molecule has 6 heteroatoms. The maximum Gasteiger partial charge on any atom is 0.240 e. The van der Waals surface area contributed by atoms with E-state index in [-0.39, 0.29) is 0 Å². The third kappa shape index (κ3) is 4.74. The Balaban J connectivity index is 1.22. The Morgan fingerprint density at radius 2 is 0.587 bits per heavy atom. The van der Waals surface area contributed by atoms with Gasteiger partial charge in [-0.3, -0.25) is 9.13 Å². The van der Waals surface area contributed by atoms with Gasteiger partial charge in [-0.1, -0.05) is 170 Å². The second-order valence-corrected chi connectivity index (χ2v) is 16.3. The van der Waals surface area contributed by atoms with Gasteiger partial charge in [0.15, 0.2) is 5.82 Å². The summed E-state index contributed by atoms with van der Waals surface area (Å²) in [5, 5.41) is 13.7. The molecule has 0 amide bonds. The smallest absolute Gasteiger partial charge is 0.240 e. The first kappa shape index (κ1) is 34.1. The van der Waals surface area contributed by atoms with Gasteiger partial charge in [0, 0.05) is 54.0 Å². The Morgan fingerprint density at radius 1 is 0.254 bits per heavy atom. The first-order valence-electron chi connectivity index (χ1n) is 21.4. The molecule has 5 heterocycles. The average Bonchev–Trinajstić information content (AvgIpc) is 4.00. The van der Waals surface area contributed by atoms with Crippen LogP contribution in [0.25, 0.3) is 127 Å². The lowest BCUT2D eigenvalue weighted by Gasteiger charge is -2.14. The number of nitrogens with zero attached hydrogens (tertiary/aromatic N) is 6. The number of rotatable bonds is 3. The zero-order valence-corrected chi connectivity index (χ0v) is 33.8. The topological polar surface area (TPSA) is 52.9 Å². The fraction of sp³-hybridized carbons (Fsp3) is 0. The first-order valence-corrected chi connectivity index (χ1v) is 21.4. The van der Waals surface area contributed by atoms with Gasteiger partial charge in [-0.15, -0.1) is 0 Å². The number of para-hydroxylation sites is 7. The SMILES string of the molecule is c1ccc2c(c1)c1cccc(-c3nc(-n4c5ccccc5c5ccccc54)nc(-n4c5ccccc5c5ccccc54)n3)c1c1cccc3c4ccccc4n(c4ccccc24)c31. The van der Waals surface area contributed by atoms with Crippen molar-refractivity contribution in [3.8, 4) is 23.3 Å². The molecule has 0 atom stereocenters.